The number of hydrazine groups is 2. The van der Waals surface area contributed by atoms with Crippen LogP contribution in [0.4, 0.5) is 0 Å². The van der Waals surface area contributed by atoms with Crippen molar-refractivity contribution >= 4 is 17.6 Å². The fourth-order valence-electron chi connectivity index (χ4n) is 2.36. The number of carbonyl (C=O) groups is 3. The van der Waals surface area contributed by atoms with Gasteiger partial charge >= 0.3 is 0 Å². The first-order chi connectivity index (χ1) is 12.9. The highest BCUT2D eigenvalue weighted by molar-refractivity contribution is 6.20. The van der Waals surface area contributed by atoms with Crippen LogP contribution in [0.25, 0.3) is 0 Å². The maximum absolute atomic E-state index is 13.0. The Balaban J connectivity index is 2.86. The van der Waals surface area contributed by atoms with Gasteiger partial charge in [0.25, 0.3) is 17.4 Å². The number of ether oxygens (including phenoxy) is 1. The van der Waals surface area contributed by atoms with E-state index in [-0.39, 0.29) is 5.56 Å². The van der Waals surface area contributed by atoms with Crippen molar-refractivity contribution < 1.29 is 19.1 Å². The summed E-state index contributed by atoms with van der Waals surface area (Å²) in [6.45, 7) is 0. The molecule has 11 heteroatoms. The van der Waals surface area contributed by atoms with Gasteiger partial charge in [-0.2, -0.15) is 5.26 Å². The Labute approximate surface area is 151 Å². The average molecular weight is 370 g/mol. The smallest absolute Gasteiger partial charge is 0.282 e. The van der Waals surface area contributed by atoms with Gasteiger partial charge < -0.3 is 9.72 Å². The number of aromatic amines is 1. The number of carbonyl (C=O) groups excluding carboxylic acids is 3. The number of hydrogen-bond donors (Lipinski definition) is 5. The van der Waals surface area contributed by atoms with Crippen LogP contribution in [0.2, 0.25) is 0 Å². The van der Waals surface area contributed by atoms with Gasteiger partial charge in [0.2, 0.25) is 0 Å². The number of amides is 2. The minimum atomic E-state index is -1.10. The van der Waals surface area contributed by atoms with Crippen molar-refractivity contribution in [2.24, 2.45) is 11.7 Å². The van der Waals surface area contributed by atoms with Crippen LogP contribution in [-0.4, -0.2) is 29.7 Å². The highest BCUT2D eigenvalue weighted by atomic mass is 16.5. The zero-order chi connectivity index (χ0) is 20.1. The lowest BCUT2D eigenvalue weighted by Crippen LogP contribution is -2.39. The van der Waals surface area contributed by atoms with Crippen molar-refractivity contribution in [2.75, 3.05) is 7.11 Å². The molecule has 11 nitrogen and oxygen atoms in total. The number of pyridine rings is 1. The summed E-state index contributed by atoms with van der Waals surface area (Å²) in [5.74, 6) is 7.70. The summed E-state index contributed by atoms with van der Waals surface area (Å²) in [7, 11) is 1.44. The van der Waals surface area contributed by atoms with Crippen LogP contribution in [-0.2, 0) is 0 Å². The van der Waals surface area contributed by atoms with E-state index in [1.54, 1.807) is 10.9 Å². The number of nitrogens with two attached hydrogens (primary N) is 2. The zero-order valence-electron chi connectivity index (χ0n) is 14.0. The summed E-state index contributed by atoms with van der Waals surface area (Å²) in [6, 6.07) is 7.26. The molecular weight excluding hydrogens is 356 g/mol. The third-order valence-electron chi connectivity index (χ3n) is 3.62. The molecule has 0 fully saturated rings. The summed E-state index contributed by atoms with van der Waals surface area (Å²) in [6.07, 6.45) is 0. The van der Waals surface area contributed by atoms with Crippen LogP contribution in [0.1, 0.15) is 42.3 Å². The van der Waals surface area contributed by atoms with E-state index in [0.717, 1.165) is 0 Å². The molecule has 0 aliphatic heterocycles. The molecule has 27 heavy (non-hydrogen) atoms. The molecule has 1 aromatic heterocycles. The maximum Gasteiger partial charge on any atom is 0.282 e. The van der Waals surface area contributed by atoms with Gasteiger partial charge in [0, 0.05) is 5.56 Å². The number of rotatable bonds is 5. The van der Waals surface area contributed by atoms with Crippen LogP contribution >= 0.6 is 0 Å². The molecule has 1 heterocycles. The molecule has 0 atom stereocenters. The first kappa shape index (κ1) is 19.3. The molecule has 138 valence electrons. The largest absolute Gasteiger partial charge is 0.497 e. The Morgan fingerprint density at radius 2 is 1.67 bits per heavy atom. The summed E-state index contributed by atoms with van der Waals surface area (Å²) in [5, 5.41) is 9.23. The van der Waals surface area contributed by atoms with Crippen LogP contribution in [0.3, 0.4) is 0 Å². The monoisotopic (exact) mass is 370 g/mol. The fraction of sp³-hybridized carbons (Fsp3) is 0.0625. The van der Waals surface area contributed by atoms with Crippen molar-refractivity contribution in [3.05, 3.63) is 62.6 Å². The summed E-state index contributed by atoms with van der Waals surface area (Å²) in [5.41, 5.74) is 0.105. The maximum atomic E-state index is 13.0. The molecule has 1 aromatic carbocycles. The number of benzene rings is 1. The fourth-order valence-corrected chi connectivity index (χ4v) is 2.36. The van der Waals surface area contributed by atoms with Crippen molar-refractivity contribution in [1.29, 1.82) is 5.26 Å². The van der Waals surface area contributed by atoms with Crippen LogP contribution in [0.5, 0.6) is 5.75 Å². The SMILES string of the molecule is COc1ccc(C(=O)c2c(C(=O)NN)[nH]c(=O)c(C#N)c2C(=O)NN)cc1. The second-order valence-electron chi connectivity index (χ2n) is 5.07. The molecule has 2 amide bonds. The van der Waals surface area contributed by atoms with Gasteiger partial charge in [0.05, 0.1) is 18.2 Å². The minimum absolute atomic E-state index is 0.0591. The highest BCUT2D eigenvalue weighted by Gasteiger charge is 2.30. The van der Waals surface area contributed by atoms with E-state index in [1.165, 1.54) is 37.4 Å². The van der Waals surface area contributed by atoms with Gasteiger partial charge in [0.15, 0.2) is 5.78 Å². The molecule has 0 bridgehead atoms. The number of nitriles is 1. The Hall–Kier alpha value is -4.01. The molecule has 2 aromatic rings. The molecular formula is C16H14N6O5. The second kappa shape index (κ2) is 7.91. The lowest BCUT2D eigenvalue weighted by Gasteiger charge is -2.13. The molecule has 0 saturated heterocycles. The third kappa shape index (κ3) is 3.52. The van der Waals surface area contributed by atoms with Gasteiger partial charge in [0.1, 0.15) is 23.1 Å². The predicted molar refractivity (Wildman–Crippen MR) is 91.5 cm³/mol. The molecule has 0 aliphatic carbocycles. The van der Waals surface area contributed by atoms with Crippen molar-refractivity contribution in [1.82, 2.24) is 15.8 Å². The van der Waals surface area contributed by atoms with Crippen molar-refractivity contribution in [2.45, 2.75) is 0 Å². The van der Waals surface area contributed by atoms with E-state index in [9.17, 15) is 24.4 Å². The van der Waals surface area contributed by atoms with E-state index in [0.29, 0.717) is 5.75 Å². The van der Waals surface area contributed by atoms with Crippen molar-refractivity contribution in [3.8, 4) is 11.8 Å². The van der Waals surface area contributed by atoms with Gasteiger partial charge in [-0.05, 0) is 24.3 Å². The zero-order valence-corrected chi connectivity index (χ0v) is 14.0. The lowest BCUT2D eigenvalue weighted by molar-refractivity contribution is 0.0928. The molecule has 0 radical (unpaired) electrons. The van der Waals surface area contributed by atoms with Crippen molar-refractivity contribution in [3.63, 3.8) is 0 Å². The Bertz CT molecular complexity index is 1020. The number of nitrogens with one attached hydrogen (secondary N) is 3. The molecule has 0 aliphatic rings. The summed E-state index contributed by atoms with van der Waals surface area (Å²) < 4.78 is 5.00. The normalized spacial score (nSPS) is 9.85. The summed E-state index contributed by atoms with van der Waals surface area (Å²) >= 11 is 0. The highest BCUT2D eigenvalue weighted by Crippen LogP contribution is 2.21. The number of nitrogens with zero attached hydrogens (tertiary/aromatic N) is 1. The van der Waals surface area contributed by atoms with Gasteiger partial charge in [-0.3, -0.25) is 30.0 Å². The topological polar surface area (TPSA) is 193 Å². The van der Waals surface area contributed by atoms with E-state index < -0.39 is 45.5 Å². The van der Waals surface area contributed by atoms with Crippen LogP contribution in [0, 0.1) is 11.3 Å². The Morgan fingerprint density at radius 1 is 1.07 bits per heavy atom. The van der Waals surface area contributed by atoms with E-state index in [1.807, 2.05) is 0 Å². The molecule has 2 rings (SSSR count). The predicted octanol–water partition coefficient (Wildman–Crippen LogP) is -1.31. The van der Waals surface area contributed by atoms with E-state index in [4.69, 9.17) is 16.4 Å². The van der Waals surface area contributed by atoms with E-state index in [2.05, 4.69) is 4.98 Å². The van der Waals surface area contributed by atoms with Gasteiger partial charge in [-0.1, -0.05) is 0 Å². The molecule has 0 spiro atoms. The quantitative estimate of drug-likeness (QED) is 0.185. The lowest BCUT2D eigenvalue weighted by atomic mass is 9.93. The third-order valence-corrected chi connectivity index (χ3v) is 3.62. The standard InChI is InChI=1S/C16H14N6O5/c1-27-8-4-2-7(3-5-8)13(23)11-10(15(25)21-18)9(6-17)14(24)20-12(11)16(26)22-19/h2-5H,18-19H2,1H3,(H,20,24)(H,21,25)(H,22,26). The number of H-pyrrole nitrogens is 1. The number of methoxy groups -OCH3 is 1. The van der Waals surface area contributed by atoms with Gasteiger partial charge in [-0.15, -0.1) is 0 Å². The molecule has 7 N–H and O–H groups in total. The number of ketones is 1. The molecule has 0 saturated carbocycles. The number of hydrogen-bond acceptors (Lipinski definition) is 8. The van der Waals surface area contributed by atoms with Crippen LogP contribution < -0.4 is 32.8 Å². The van der Waals surface area contributed by atoms with Crippen LogP contribution in [0.15, 0.2) is 29.1 Å². The summed E-state index contributed by atoms with van der Waals surface area (Å²) in [4.78, 5) is 51.4. The average Bonchev–Trinajstić information content (AvgIpc) is 2.71. The number of nitrogen functional groups attached to an aromatic ring is 2. The van der Waals surface area contributed by atoms with Gasteiger partial charge in [-0.25, -0.2) is 11.7 Å². The second-order valence-corrected chi connectivity index (χ2v) is 5.07. The Kier molecular flexibility index (Phi) is 5.66. The first-order valence-corrected chi connectivity index (χ1v) is 7.30. The Morgan fingerprint density at radius 3 is 2.15 bits per heavy atom. The first-order valence-electron chi connectivity index (χ1n) is 7.30. The molecule has 0 unspecified atom stereocenters. The minimum Gasteiger partial charge on any atom is -0.497 e. The number of aromatic nitrogens is 1. The van der Waals surface area contributed by atoms with E-state index >= 15 is 0 Å².